The lowest BCUT2D eigenvalue weighted by Gasteiger charge is -2.58. The van der Waals surface area contributed by atoms with Crippen molar-refractivity contribution in [3.63, 3.8) is 0 Å². The number of fused-ring (bicyclic) bond motifs is 5. The van der Waals surface area contributed by atoms with Gasteiger partial charge < -0.3 is 33.2 Å². The van der Waals surface area contributed by atoms with Crippen LogP contribution in [-0.2, 0) is 57.1 Å². The van der Waals surface area contributed by atoms with Gasteiger partial charge >= 0.3 is 29.8 Å². The Bertz CT molecular complexity index is 1260. The molecule has 5 rings (SSSR count). The zero-order valence-electron chi connectivity index (χ0n) is 27.9. The van der Waals surface area contributed by atoms with Crippen molar-refractivity contribution in [1.29, 1.82) is 0 Å². The largest absolute Gasteiger partial charge is 0.467 e. The molecule has 5 aliphatic rings. The lowest BCUT2D eigenvalue weighted by Crippen LogP contribution is -2.64. The first kappa shape index (κ1) is 34.3. The van der Waals surface area contributed by atoms with Crippen molar-refractivity contribution in [3.8, 4) is 0 Å². The molecule has 1 saturated heterocycles. The van der Waals surface area contributed by atoms with Crippen LogP contribution in [0.4, 0.5) is 0 Å². The molecule has 4 fully saturated rings. The number of allylic oxidation sites excluding steroid dienone is 1. The first-order chi connectivity index (χ1) is 21.7. The summed E-state index contributed by atoms with van der Waals surface area (Å²) < 4.78 is 39.9. The highest BCUT2D eigenvalue weighted by atomic mass is 16.7. The molecule has 256 valence electrons. The van der Waals surface area contributed by atoms with Gasteiger partial charge in [0.15, 0.2) is 30.7 Å². The number of esters is 5. The highest BCUT2D eigenvalue weighted by Gasteiger charge is 2.61. The number of hydrogen-bond acceptors (Lipinski definition) is 12. The van der Waals surface area contributed by atoms with Crippen LogP contribution in [0.2, 0.25) is 0 Å². The number of carbonyl (C=O) groups is 5. The van der Waals surface area contributed by atoms with E-state index in [1.807, 2.05) is 0 Å². The first-order valence-electron chi connectivity index (χ1n) is 16.4. The lowest BCUT2D eigenvalue weighted by molar-refractivity contribution is -0.317. The number of hydrogen-bond donors (Lipinski definition) is 0. The molecule has 0 aromatic rings. The maximum absolute atomic E-state index is 12.9. The number of ether oxygens (including phenoxy) is 7. The fourth-order valence-corrected chi connectivity index (χ4v) is 9.49. The highest BCUT2D eigenvalue weighted by molar-refractivity contribution is 5.77. The van der Waals surface area contributed by atoms with Gasteiger partial charge in [-0.2, -0.15) is 0 Å². The van der Waals surface area contributed by atoms with Gasteiger partial charge in [0.1, 0.15) is 6.10 Å². The average Bonchev–Trinajstić information content (AvgIpc) is 3.30. The van der Waals surface area contributed by atoms with Crippen LogP contribution < -0.4 is 0 Å². The van der Waals surface area contributed by atoms with Crippen LogP contribution in [0.3, 0.4) is 0 Å². The summed E-state index contributed by atoms with van der Waals surface area (Å²) in [6, 6.07) is 0. The summed E-state index contributed by atoms with van der Waals surface area (Å²) in [6.45, 7) is 9.62. The van der Waals surface area contributed by atoms with E-state index in [4.69, 9.17) is 33.2 Å². The van der Waals surface area contributed by atoms with Crippen molar-refractivity contribution in [2.75, 3.05) is 7.11 Å². The summed E-state index contributed by atoms with van der Waals surface area (Å²) in [4.78, 5) is 61.1. The third-order valence-corrected chi connectivity index (χ3v) is 11.4. The topological polar surface area (TPSA) is 150 Å². The second-order valence-corrected chi connectivity index (χ2v) is 14.2. The van der Waals surface area contributed by atoms with E-state index in [9.17, 15) is 24.0 Å². The van der Waals surface area contributed by atoms with Gasteiger partial charge in [-0.25, -0.2) is 4.79 Å². The van der Waals surface area contributed by atoms with Crippen molar-refractivity contribution in [2.24, 2.45) is 28.6 Å². The van der Waals surface area contributed by atoms with Crippen LogP contribution >= 0.6 is 0 Å². The maximum Gasteiger partial charge on any atom is 0.339 e. The molecule has 1 aliphatic heterocycles. The molecule has 0 bridgehead atoms. The van der Waals surface area contributed by atoms with Crippen molar-refractivity contribution >= 4 is 29.8 Å². The third kappa shape index (κ3) is 6.43. The van der Waals surface area contributed by atoms with E-state index in [2.05, 4.69) is 19.9 Å². The van der Waals surface area contributed by atoms with Gasteiger partial charge in [0.2, 0.25) is 0 Å². The molecule has 0 radical (unpaired) electrons. The molecule has 0 aromatic carbocycles. The van der Waals surface area contributed by atoms with Crippen molar-refractivity contribution in [1.82, 2.24) is 0 Å². The fraction of sp³-hybridized carbons (Fsp3) is 0.794. The van der Waals surface area contributed by atoms with E-state index < -0.39 is 54.6 Å². The Hall–Kier alpha value is -2.99. The zero-order valence-corrected chi connectivity index (χ0v) is 27.9. The van der Waals surface area contributed by atoms with Gasteiger partial charge in [0, 0.05) is 34.1 Å². The van der Waals surface area contributed by atoms with Crippen LogP contribution in [0.15, 0.2) is 11.6 Å². The molecule has 12 atom stereocenters. The summed E-state index contributed by atoms with van der Waals surface area (Å²) in [5.41, 5.74) is 1.24. The monoisotopic (exact) mass is 648 g/mol. The smallest absolute Gasteiger partial charge is 0.339 e. The molecule has 0 N–H and O–H groups in total. The molecular formula is C34H48O12. The average molecular weight is 649 g/mol. The Balaban J connectivity index is 1.40. The predicted molar refractivity (Wildman–Crippen MR) is 159 cm³/mol. The van der Waals surface area contributed by atoms with Crippen LogP contribution in [0.5, 0.6) is 0 Å². The van der Waals surface area contributed by atoms with Gasteiger partial charge in [-0.3, -0.25) is 19.2 Å². The minimum atomic E-state index is -1.49. The Morgan fingerprint density at radius 3 is 2.02 bits per heavy atom. The third-order valence-electron chi connectivity index (χ3n) is 11.4. The van der Waals surface area contributed by atoms with Crippen molar-refractivity contribution < 1.29 is 57.1 Å². The summed E-state index contributed by atoms with van der Waals surface area (Å²) >= 11 is 0. The van der Waals surface area contributed by atoms with Gasteiger partial charge in [-0.1, -0.05) is 25.5 Å². The second-order valence-electron chi connectivity index (χ2n) is 14.2. The Labute approximate surface area is 270 Å². The molecule has 12 heteroatoms. The summed E-state index contributed by atoms with van der Waals surface area (Å²) in [7, 11) is 1.17. The van der Waals surface area contributed by atoms with E-state index in [1.54, 1.807) is 0 Å². The van der Waals surface area contributed by atoms with Gasteiger partial charge in [0.25, 0.3) is 0 Å². The molecule has 4 aliphatic carbocycles. The number of methoxy groups -OCH3 is 1. The Morgan fingerprint density at radius 2 is 1.39 bits per heavy atom. The molecule has 0 aromatic heterocycles. The maximum atomic E-state index is 12.9. The van der Waals surface area contributed by atoms with Crippen LogP contribution in [0.1, 0.15) is 92.9 Å². The Morgan fingerprint density at radius 1 is 0.761 bits per heavy atom. The molecule has 1 heterocycles. The molecule has 12 nitrogen and oxygen atoms in total. The van der Waals surface area contributed by atoms with E-state index in [0.29, 0.717) is 17.8 Å². The lowest BCUT2D eigenvalue weighted by atomic mass is 9.48. The SMILES string of the molecule is COC(=O)[C@H]1O[C@@H](O[C@H]2CC[C@H]3[C@@H]4CC=C5C[C@@H](OC(C)=O)CC[C@]5(C)[C@H]4CC[C@]23C)[C@H](OC(C)=O)[C@@H](OC(C)=O)[C@@H]1OC(C)=O. The van der Waals surface area contributed by atoms with E-state index in [1.165, 1.54) is 33.5 Å². The molecule has 0 amide bonds. The highest BCUT2D eigenvalue weighted by Crippen LogP contribution is 2.65. The Kier molecular flexibility index (Phi) is 9.90. The van der Waals surface area contributed by atoms with E-state index in [-0.39, 0.29) is 29.0 Å². The summed E-state index contributed by atoms with van der Waals surface area (Å²) in [6.07, 6.45) is 2.31. The van der Waals surface area contributed by atoms with E-state index >= 15 is 0 Å². The molecular weight excluding hydrogens is 600 g/mol. The minimum absolute atomic E-state index is 0.0581. The van der Waals surface area contributed by atoms with Crippen molar-refractivity contribution in [2.45, 2.75) is 136 Å². The second kappa shape index (κ2) is 13.3. The number of carbonyl (C=O) groups excluding carboxylic acids is 5. The molecule has 0 spiro atoms. The molecule has 0 unspecified atom stereocenters. The van der Waals surface area contributed by atoms with Gasteiger partial charge in [-0.15, -0.1) is 0 Å². The standard InChI is InChI=1S/C34H48O12/c1-17(35)41-22-12-14-33(5)21(16-22)8-9-23-24-10-11-26(34(24,6)15-13-25(23)33)45-32-30(44-20(4)38)28(43-19(3)37)27(42-18(2)36)29(46-32)31(39)40-7/h8,22-30,32H,9-16H2,1-7H3/t22-,23-,24-,25-,26-,27-,28-,29-,30+,32+,33-,34-/m0/s1. The number of rotatable bonds is 7. The first-order valence-corrected chi connectivity index (χ1v) is 16.4. The molecule has 46 heavy (non-hydrogen) atoms. The van der Waals surface area contributed by atoms with E-state index in [0.717, 1.165) is 58.3 Å². The van der Waals surface area contributed by atoms with Crippen LogP contribution in [0, 0.1) is 28.6 Å². The van der Waals surface area contributed by atoms with Crippen molar-refractivity contribution in [3.05, 3.63) is 11.6 Å². The quantitative estimate of drug-likeness (QED) is 0.223. The van der Waals surface area contributed by atoms with Crippen LogP contribution in [0.25, 0.3) is 0 Å². The minimum Gasteiger partial charge on any atom is -0.467 e. The summed E-state index contributed by atoms with van der Waals surface area (Å²) in [5, 5.41) is 0. The molecule has 3 saturated carbocycles. The fourth-order valence-electron chi connectivity index (χ4n) is 9.49. The van der Waals surface area contributed by atoms with Crippen LogP contribution in [-0.4, -0.2) is 79.9 Å². The normalized spacial score (nSPS) is 41.4. The predicted octanol–water partition coefficient (Wildman–Crippen LogP) is 3.96. The summed E-state index contributed by atoms with van der Waals surface area (Å²) in [5.74, 6) is -1.92. The zero-order chi connectivity index (χ0) is 33.6. The van der Waals surface area contributed by atoms with Gasteiger partial charge in [0.05, 0.1) is 13.2 Å². The van der Waals surface area contributed by atoms with Gasteiger partial charge in [-0.05, 0) is 73.5 Å².